The fourth-order valence-electron chi connectivity index (χ4n) is 3.72. The van der Waals surface area contributed by atoms with Crippen molar-refractivity contribution in [3.8, 4) is 16.9 Å². The number of piperidine rings is 1. The molecule has 5 heteroatoms. The monoisotopic (exact) mass is 366 g/mol. The van der Waals surface area contributed by atoms with Gasteiger partial charge in [0.2, 0.25) is 5.91 Å². The number of benzene rings is 2. The van der Waals surface area contributed by atoms with Gasteiger partial charge in [-0.3, -0.25) is 9.59 Å². The van der Waals surface area contributed by atoms with Gasteiger partial charge >= 0.3 is 0 Å². The molecule has 2 amide bonds. The summed E-state index contributed by atoms with van der Waals surface area (Å²) in [6, 6.07) is 11.8. The first-order valence-corrected chi connectivity index (χ1v) is 9.25. The molecule has 1 saturated heterocycles. The van der Waals surface area contributed by atoms with Crippen LogP contribution in [-0.4, -0.2) is 36.9 Å². The van der Waals surface area contributed by atoms with Crippen LogP contribution in [0.4, 0.5) is 0 Å². The molecule has 5 nitrogen and oxygen atoms in total. The van der Waals surface area contributed by atoms with Crippen LogP contribution in [0.3, 0.4) is 0 Å². The van der Waals surface area contributed by atoms with Crippen LogP contribution in [0.1, 0.15) is 34.3 Å². The molecule has 2 aromatic carbocycles. The largest absolute Gasteiger partial charge is 0.496 e. The van der Waals surface area contributed by atoms with Gasteiger partial charge in [0.1, 0.15) is 5.75 Å². The maximum atomic E-state index is 13.0. The van der Waals surface area contributed by atoms with Crippen LogP contribution in [0.25, 0.3) is 11.1 Å². The zero-order chi connectivity index (χ0) is 19.6. The number of amides is 2. The van der Waals surface area contributed by atoms with E-state index >= 15 is 0 Å². The highest BCUT2D eigenvalue weighted by Gasteiger charge is 2.27. The number of primary amides is 1. The third-order valence-corrected chi connectivity index (χ3v) is 5.27. The van der Waals surface area contributed by atoms with Crippen molar-refractivity contribution in [2.75, 3.05) is 20.2 Å². The smallest absolute Gasteiger partial charge is 0.253 e. The summed E-state index contributed by atoms with van der Waals surface area (Å²) in [4.78, 5) is 26.2. The topological polar surface area (TPSA) is 72.6 Å². The number of nitrogens with two attached hydrogens (primary N) is 1. The Bertz CT molecular complexity index is 876. The van der Waals surface area contributed by atoms with Crippen LogP contribution < -0.4 is 10.5 Å². The van der Waals surface area contributed by atoms with Gasteiger partial charge in [-0.2, -0.15) is 0 Å². The maximum Gasteiger partial charge on any atom is 0.253 e. The molecule has 0 unspecified atom stereocenters. The zero-order valence-corrected chi connectivity index (χ0v) is 16.1. The minimum absolute atomic E-state index is 0.0503. The predicted molar refractivity (Wildman–Crippen MR) is 106 cm³/mol. The summed E-state index contributed by atoms with van der Waals surface area (Å²) >= 11 is 0. The van der Waals surface area contributed by atoms with Crippen molar-refractivity contribution in [1.82, 2.24) is 4.90 Å². The molecule has 3 rings (SSSR count). The standard InChI is InChI=1S/C22H26N2O3/c1-14-11-20(27-3)15(2)10-19(14)16-6-4-7-17(12-16)22(26)24-9-5-8-18(13-24)21(23)25/h4,6-7,10-12,18H,5,8-9,13H2,1-3H3,(H2,23,25)/t18-/m0/s1. The third kappa shape index (κ3) is 3.97. The van der Waals surface area contributed by atoms with E-state index in [1.807, 2.05) is 44.2 Å². The Morgan fingerprint density at radius 3 is 2.63 bits per heavy atom. The summed E-state index contributed by atoms with van der Waals surface area (Å²) in [6.45, 7) is 5.11. The number of carbonyl (C=O) groups excluding carboxylic acids is 2. The zero-order valence-electron chi connectivity index (χ0n) is 16.1. The van der Waals surface area contributed by atoms with Crippen LogP contribution in [0.15, 0.2) is 36.4 Å². The average Bonchev–Trinajstić information content (AvgIpc) is 2.69. The Labute approximate surface area is 160 Å². The highest BCUT2D eigenvalue weighted by Crippen LogP contribution is 2.31. The van der Waals surface area contributed by atoms with Gasteiger partial charge < -0.3 is 15.4 Å². The molecule has 1 atom stereocenters. The Morgan fingerprint density at radius 2 is 1.93 bits per heavy atom. The van der Waals surface area contributed by atoms with Gasteiger partial charge in [-0.25, -0.2) is 0 Å². The minimum atomic E-state index is -0.328. The molecule has 0 spiro atoms. The number of likely N-dealkylation sites (tertiary alicyclic amines) is 1. The fourth-order valence-corrected chi connectivity index (χ4v) is 3.72. The number of hydrogen-bond acceptors (Lipinski definition) is 3. The van der Waals surface area contributed by atoms with E-state index in [0.717, 1.165) is 40.8 Å². The van der Waals surface area contributed by atoms with E-state index in [4.69, 9.17) is 10.5 Å². The fraction of sp³-hybridized carbons (Fsp3) is 0.364. The Morgan fingerprint density at radius 1 is 1.15 bits per heavy atom. The van der Waals surface area contributed by atoms with Crippen LogP contribution in [0.2, 0.25) is 0 Å². The van der Waals surface area contributed by atoms with Crippen LogP contribution in [0.5, 0.6) is 5.75 Å². The van der Waals surface area contributed by atoms with E-state index in [1.165, 1.54) is 0 Å². The normalized spacial score (nSPS) is 16.9. The summed E-state index contributed by atoms with van der Waals surface area (Å²) in [7, 11) is 1.67. The molecular formula is C22H26N2O3. The van der Waals surface area contributed by atoms with Crippen LogP contribution >= 0.6 is 0 Å². The number of ether oxygens (including phenoxy) is 1. The molecule has 142 valence electrons. The highest BCUT2D eigenvalue weighted by molar-refractivity contribution is 5.96. The summed E-state index contributed by atoms with van der Waals surface area (Å²) in [5, 5.41) is 0. The summed E-state index contributed by atoms with van der Waals surface area (Å²) in [5.74, 6) is 0.225. The lowest BCUT2D eigenvalue weighted by molar-refractivity contribution is -0.123. The number of methoxy groups -OCH3 is 1. The lowest BCUT2D eigenvalue weighted by Gasteiger charge is -2.31. The van der Waals surface area contributed by atoms with Crippen molar-refractivity contribution in [2.24, 2.45) is 11.7 Å². The minimum Gasteiger partial charge on any atom is -0.496 e. The van der Waals surface area contributed by atoms with Gasteiger partial charge in [0.25, 0.3) is 5.91 Å². The quantitative estimate of drug-likeness (QED) is 0.902. The molecule has 0 radical (unpaired) electrons. The van der Waals surface area contributed by atoms with E-state index in [1.54, 1.807) is 12.0 Å². The molecule has 1 heterocycles. The molecule has 0 aromatic heterocycles. The first-order chi connectivity index (χ1) is 12.9. The van der Waals surface area contributed by atoms with E-state index in [-0.39, 0.29) is 17.7 Å². The summed E-state index contributed by atoms with van der Waals surface area (Å²) in [6.07, 6.45) is 1.55. The highest BCUT2D eigenvalue weighted by atomic mass is 16.5. The van der Waals surface area contributed by atoms with Gasteiger partial charge in [0.05, 0.1) is 13.0 Å². The lowest BCUT2D eigenvalue weighted by atomic mass is 9.95. The van der Waals surface area contributed by atoms with Crippen molar-refractivity contribution < 1.29 is 14.3 Å². The molecule has 1 aliphatic rings. The second-order valence-corrected chi connectivity index (χ2v) is 7.21. The molecule has 0 bridgehead atoms. The van der Waals surface area contributed by atoms with E-state index in [0.29, 0.717) is 18.7 Å². The predicted octanol–water partition coefficient (Wildman–Crippen LogP) is 3.32. The first-order valence-electron chi connectivity index (χ1n) is 9.25. The molecule has 1 aliphatic heterocycles. The molecule has 2 N–H and O–H groups in total. The van der Waals surface area contributed by atoms with Crippen molar-refractivity contribution in [2.45, 2.75) is 26.7 Å². The van der Waals surface area contributed by atoms with E-state index < -0.39 is 0 Å². The molecule has 2 aromatic rings. The number of nitrogens with zero attached hydrogens (tertiary/aromatic N) is 1. The number of hydrogen-bond donors (Lipinski definition) is 1. The van der Waals surface area contributed by atoms with Gasteiger partial charge in [-0.15, -0.1) is 0 Å². The van der Waals surface area contributed by atoms with Crippen molar-refractivity contribution >= 4 is 11.8 Å². The number of carbonyl (C=O) groups is 2. The van der Waals surface area contributed by atoms with Crippen molar-refractivity contribution in [3.63, 3.8) is 0 Å². The molecule has 1 fully saturated rings. The van der Waals surface area contributed by atoms with Gasteiger partial charge in [-0.05, 0) is 73.2 Å². The maximum absolute atomic E-state index is 13.0. The number of rotatable bonds is 4. The number of aryl methyl sites for hydroxylation is 2. The second-order valence-electron chi connectivity index (χ2n) is 7.21. The van der Waals surface area contributed by atoms with Gasteiger partial charge in [0.15, 0.2) is 0 Å². The molecule has 27 heavy (non-hydrogen) atoms. The molecule has 0 aliphatic carbocycles. The van der Waals surface area contributed by atoms with Crippen LogP contribution in [0, 0.1) is 19.8 Å². The van der Waals surface area contributed by atoms with Crippen molar-refractivity contribution in [3.05, 3.63) is 53.1 Å². The molecular weight excluding hydrogens is 340 g/mol. The SMILES string of the molecule is COc1cc(C)c(-c2cccc(C(=O)N3CCC[C@H](C(N)=O)C3)c2)cc1C. The molecule has 0 saturated carbocycles. The first kappa shape index (κ1) is 19.0. The summed E-state index contributed by atoms with van der Waals surface area (Å²) in [5.41, 5.74) is 10.3. The van der Waals surface area contributed by atoms with Crippen molar-refractivity contribution in [1.29, 1.82) is 0 Å². The van der Waals surface area contributed by atoms with Gasteiger partial charge in [0, 0.05) is 18.7 Å². The Hall–Kier alpha value is -2.82. The van der Waals surface area contributed by atoms with E-state index in [2.05, 4.69) is 6.07 Å². The lowest BCUT2D eigenvalue weighted by Crippen LogP contribution is -2.44. The Balaban J connectivity index is 1.89. The third-order valence-electron chi connectivity index (χ3n) is 5.27. The van der Waals surface area contributed by atoms with Gasteiger partial charge in [-0.1, -0.05) is 12.1 Å². The summed E-state index contributed by atoms with van der Waals surface area (Å²) < 4.78 is 5.39. The second kappa shape index (κ2) is 7.82. The van der Waals surface area contributed by atoms with Crippen LogP contribution in [-0.2, 0) is 4.79 Å². The Kier molecular flexibility index (Phi) is 5.49. The van der Waals surface area contributed by atoms with E-state index in [9.17, 15) is 9.59 Å². The average molecular weight is 366 g/mol.